The molecule has 0 aromatic heterocycles. The van der Waals surface area contributed by atoms with Crippen LogP contribution in [0.3, 0.4) is 0 Å². The van der Waals surface area contributed by atoms with Crippen molar-refractivity contribution < 1.29 is 9.53 Å². The monoisotopic (exact) mass is 314 g/mol. The van der Waals surface area contributed by atoms with Crippen LogP contribution < -0.4 is 15.4 Å². The van der Waals surface area contributed by atoms with E-state index in [-0.39, 0.29) is 18.0 Å². The number of carbonyl (C=O) groups is 1. The zero-order chi connectivity index (χ0) is 14.1. The van der Waals surface area contributed by atoms with Crippen molar-refractivity contribution in [2.75, 3.05) is 13.2 Å². The van der Waals surface area contributed by atoms with Crippen LogP contribution in [0, 0.1) is 0 Å². The van der Waals surface area contributed by atoms with Crippen LogP contribution in [0.4, 0.5) is 0 Å². The van der Waals surface area contributed by atoms with Gasteiger partial charge in [-0.1, -0.05) is 23.2 Å². The maximum Gasteiger partial charge on any atom is 0.237 e. The topological polar surface area (TPSA) is 50.4 Å². The Labute approximate surface area is 127 Å². The van der Waals surface area contributed by atoms with Gasteiger partial charge in [0, 0.05) is 29.6 Å². The third-order valence-electron chi connectivity index (χ3n) is 3.75. The molecule has 1 aromatic carbocycles. The molecule has 1 saturated heterocycles. The first-order valence-corrected chi connectivity index (χ1v) is 7.56. The van der Waals surface area contributed by atoms with E-state index < -0.39 is 0 Å². The van der Waals surface area contributed by atoms with Gasteiger partial charge in [0.1, 0.15) is 5.75 Å². The zero-order valence-corrected chi connectivity index (χ0v) is 12.4. The second-order valence-corrected chi connectivity index (χ2v) is 5.99. The minimum atomic E-state index is -0.155. The van der Waals surface area contributed by atoms with E-state index in [1.165, 1.54) is 0 Å². The quantitative estimate of drug-likeness (QED) is 0.882. The van der Waals surface area contributed by atoms with Crippen molar-refractivity contribution >= 4 is 29.1 Å². The molecule has 2 aliphatic heterocycles. The van der Waals surface area contributed by atoms with E-state index >= 15 is 0 Å². The molecular weight excluding hydrogens is 299 g/mol. The van der Waals surface area contributed by atoms with Crippen molar-refractivity contribution in [3.8, 4) is 5.75 Å². The lowest BCUT2D eigenvalue weighted by Gasteiger charge is -2.32. The van der Waals surface area contributed by atoms with Gasteiger partial charge in [-0.25, -0.2) is 0 Å². The smallest absolute Gasteiger partial charge is 0.237 e. The largest absolute Gasteiger partial charge is 0.492 e. The van der Waals surface area contributed by atoms with Gasteiger partial charge in [-0.05, 0) is 25.0 Å². The van der Waals surface area contributed by atoms with E-state index in [9.17, 15) is 4.79 Å². The normalized spacial score (nSPS) is 25.6. The first-order valence-electron chi connectivity index (χ1n) is 6.80. The Kier molecular flexibility index (Phi) is 4.06. The lowest BCUT2D eigenvalue weighted by atomic mass is 9.97. The third-order valence-corrected chi connectivity index (χ3v) is 4.25. The van der Waals surface area contributed by atoms with Gasteiger partial charge < -0.3 is 10.1 Å². The van der Waals surface area contributed by atoms with E-state index in [1.807, 2.05) is 6.07 Å². The SMILES string of the molecule is O=C1NCCCC1NC1CCOc2c(Cl)cc(Cl)cc21. The molecule has 0 saturated carbocycles. The van der Waals surface area contributed by atoms with Gasteiger partial charge in [0.15, 0.2) is 0 Å². The zero-order valence-electron chi connectivity index (χ0n) is 10.9. The van der Waals surface area contributed by atoms with Gasteiger partial charge >= 0.3 is 0 Å². The average Bonchev–Trinajstić information content (AvgIpc) is 2.42. The highest BCUT2D eigenvalue weighted by Gasteiger charge is 2.29. The highest BCUT2D eigenvalue weighted by Crippen LogP contribution is 2.40. The van der Waals surface area contributed by atoms with Crippen LogP contribution in [0.15, 0.2) is 12.1 Å². The number of halogens is 2. The predicted molar refractivity (Wildman–Crippen MR) is 78.5 cm³/mol. The number of hydrogen-bond donors (Lipinski definition) is 2. The molecule has 0 radical (unpaired) electrons. The first-order chi connectivity index (χ1) is 9.65. The van der Waals surface area contributed by atoms with Crippen LogP contribution in [-0.4, -0.2) is 25.1 Å². The molecule has 6 heteroatoms. The van der Waals surface area contributed by atoms with Crippen LogP contribution in [0.5, 0.6) is 5.75 Å². The standard InChI is InChI=1S/C14H16Cl2N2O2/c15-8-6-9-11(3-5-20-13(9)10(16)7-8)18-12-2-1-4-17-14(12)19/h6-7,11-12,18H,1-5H2,(H,17,19). The number of nitrogens with one attached hydrogen (secondary N) is 2. The lowest BCUT2D eigenvalue weighted by molar-refractivity contribution is -0.124. The molecule has 0 spiro atoms. The molecule has 3 rings (SSSR count). The van der Waals surface area contributed by atoms with Gasteiger partial charge in [-0.15, -0.1) is 0 Å². The van der Waals surface area contributed by atoms with E-state index in [2.05, 4.69) is 10.6 Å². The number of benzene rings is 1. The number of fused-ring (bicyclic) bond motifs is 1. The van der Waals surface area contributed by atoms with Gasteiger partial charge in [0.25, 0.3) is 0 Å². The summed E-state index contributed by atoms with van der Waals surface area (Å²) >= 11 is 12.2. The van der Waals surface area contributed by atoms with E-state index in [4.69, 9.17) is 27.9 Å². The van der Waals surface area contributed by atoms with Crippen molar-refractivity contribution in [3.05, 3.63) is 27.7 Å². The number of rotatable bonds is 2. The van der Waals surface area contributed by atoms with Crippen LogP contribution in [0.1, 0.15) is 30.9 Å². The third kappa shape index (κ3) is 2.73. The maximum absolute atomic E-state index is 11.9. The summed E-state index contributed by atoms with van der Waals surface area (Å²) in [6.07, 6.45) is 2.65. The first kappa shape index (κ1) is 14.0. The van der Waals surface area contributed by atoms with Gasteiger partial charge in [-0.2, -0.15) is 0 Å². The van der Waals surface area contributed by atoms with Crippen molar-refractivity contribution in [2.24, 2.45) is 0 Å². The summed E-state index contributed by atoms with van der Waals surface area (Å²) in [6.45, 7) is 1.35. The maximum atomic E-state index is 11.9. The molecule has 2 atom stereocenters. The van der Waals surface area contributed by atoms with Gasteiger partial charge in [0.05, 0.1) is 17.7 Å². The van der Waals surface area contributed by atoms with E-state index in [0.717, 1.165) is 31.4 Å². The lowest BCUT2D eigenvalue weighted by Crippen LogP contribution is -2.49. The Morgan fingerprint density at radius 2 is 2.10 bits per heavy atom. The summed E-state index contributed by atoms with van der Waals surface area (Å²) in [5.41, 5.74) is 0.937. The Morgan fingerprint density at radius 1 is 1.25 bits per heavy atom. The fourth-order valence-corrected chi connectivity index (χ4v) is 3.34. The summed E-state index contributed by atoms with van der Waals surface area (Å²) in [4.78, 5) is 11.9. The van der Waals surface area contributed by atoms with Crippen LogP contribution in [-0.2, 0) is 4.79 Å². The summed E-state index contributed by atoms with van der Waals surface area (Å²) in [7, 11) is 0. The average molecular weight is 315 g/mol. The van der Waals surface area contributed by atoms with E-state index in [0.29, 0.717) is 22.4 Å². The van der Waals surface area contributed by atoms with Crippen molar-refractivity contribution in [3.63, 3.8) is 0 Å². The molecule has 2 aliphatic rings. The van der Waals surface area contributed by atoms with Crippen LogP contribution in [0.25, 0.3) is 0 Å². The van der Waals surface area contributed by atoms with Crippen molar-refractivity contribution in [1.82, 2.24) is 10.6 Å². The van der Waals surface area contributed by atoms with Crippen molar-refractivity contribution in [1.29, 1.82) is 0 Å². The van der Waals surface area contributed by atoms with E-state index in [1.54, 1.807) is 6.07 Å². The molecule has 1 aromatic rings. The molecule has 2 heterocycles. The Balaban J connectivity index is 1.84. The fraction of sp³-hybridized carbons (Fsp3) is 0.500. The van der Waals surface area contributed by atoms with Crippen LogP contribution in [0.2, 0.25) is 10.0 Å². The van der Waals surface area contributed by atoms with Crippen molar-refractivity contribution in [2.45, 2.75) is 31.3 Å². The second kappa shape index (κ2) is 5.80. The molecule has 20 heavy (non-hydrogen) atoms. The Morgan fingerprint density at radius 3 is 2.90 bits per heavy atom. The molecule has 2 unspecified atom stereocenters. The molecular formula is C14H16Cl2N2O2. The number of piperidine rings is 1. The summed E-state index contributed by atoms with van der Waals surface area (Å²) < 4.78 is 5.62. The minimum absolute atomic E-state index is 0.0452. The number of amides is 1. The fourth-order valence-electron chi connectivity index (χ4n) is 2.77. The minimum Gasteiger partial charge on any atom is -0.492 e. The van der Waals surface area contributed by atoms with Gasteiger partial charge in [0.2, 0.25) is 5.91 Å². The molecule has 1 fully saturated rings. The molecule has 1 amide bonds. The molecule has 0 aliphatic carbocycles. The molecule has 0 bridgehead atoms. The van der Waals surface area contributed by atoms with Gasteiger partial charge in [-0.3, -0.25) is 10.1 Å². The Hall–Kier alpha value is -0.970. The highest BCUT2D eigenvalue weighted by molar-refractivity contribution is 6.35. The molecule has 2 N–H and O–H groups in total. The number of hydrogen-bond acceptors (Lipinski definition) is 3. The summed E-state index contributed by atoms with van der Waals surface area (Å²) in [6, 6.07) is 3.43. The number of ether oxygens (including phenoxy) is 1. The highest BCUT2D eigenvalue weighted by atomic mass is 35.5. The summed E-state index contributed by atoms with van der Waals surface area (Å²) in [5, 5.41) is 7.40. The second-order valence-electron chi connectivity index (χ2n) is 5.15. The summed E-state index contributed by atoms with van der Waals surface area (Å²) in [5.74, 6) is 0.744. The molecule has 108 valence electrons. The molecule has 4 nitrogen and oxygen atoms in total. The predicted octanol–water partition coefficient (Wildman–Crippen LogP) is 2.69. The van der Waals surface area contributed by atoms with Crippen LogP contribution >= 0.6 is 23.2 Å². The Bertz CT molecular complexity index is 536. The number of carbonyl (C=O) groups excluding carboxylic acids is 1.